The second-order valence-electron chi connectivity index (χ2n) is 10.3. The molecule has 0 aromatic rings. The van der Waals surface area contributed by atoms with Crippen LogP contribution in [0.15, 0.2) is 12.2 Å². The van der Waals surface area contributed by atoms with E-state index < -0.39 is 30.1 Å². The van der Waals surface area contributed by atoms with Gasteiger partial charge in [-0.25, -0.2) is 0 Å². The molecule has 0 spiro atoms. The molecule has 0 rings (SSSR count). The van der Waals surface area contributed by atoms with E-state index in [0.29, 0.717) is 25.0 Å². The van der Waals surface area contributed by atoms with E-state index in [9.17, 15) is 19.5 Å². The molecule has 0 heterocycles. The van der Waals surface area contributed by atoms with Crippen LogP contribution in [0.1, 0.15) is 94.4 Å². The lowest BCUT2D eigenvalue weighted by atomic mass is 9.93. The highest BCUT2D eigenvalue weighted by molar-refractivity contribution is 5.91. The number of nitrogens with zero attached hydrogens (tertiary/aromatic N) is 1. The molecular weight excluding hydrogens is 470 g/mol. The van der Waals surface area contributed by atoms with Gasteiger partial charge < -0.3 is 30.5 Å². The van der Waals surface area contributed by atoms with Gasteiger partial charge >= 0.3 is 0 Å². The van der Waals surface area contributed by atoms with E-state index in [4.69, 9.17) is 5.11 Å². The van der Waals surface area contributed by atoms with Gasteiger partial charge in [0.05, 0.1) is 18.8 Å². The molecule has 0 aromatic heterocycles. The van der Waals surface area contributed by atoms with Crippen molar-refractivity contribution in [1.82, 2.24) is 15.5 Å². The van der Waals surface area contributed by atoms with E-state index in [-0.39, 0.29) is 24.3 Å². The summed E-state index contributed by atoms with van der Waals surface area (Å²) in [6, 6.07) is -2.27. The minimum Gasteiger partial charge on any atom is -0.392 e. The van der Waals surface area contributed by atoms with Gasteiger partial charge in [-0.3, -0.25) is 9.59 Å². The van der Waals surface area contributed by atoms with Crippen LogP contribution in [0.4, 0.5) is 0 Å². The van der Waals surface area contributed by atoms with Crippen LogP contribution in [0, 0.1) is 17.8 Å². The number of aliphatic hydroxyl groups is 2. The molecule has 8 heteroatoms. The predicted octanol–water partition coefficient (Wildman–Crippen LogP) is 3.95. The standard InChI is InChI=1S/C22H41N3O5.C4H10.C3H8/c1-14(2)12-17(23-6)21(29)24-19(15(3)4)22(30)25(7)18(13-27)20(28)16(5)10-8-9-11-26;1-3-4-2;1-3-2/h8-9,13-20,23,26,28H,10-12H2,1-7H3,(H,24,29);3-4H2,1-2H3;3H2,1-2H3/b9-8+;;/t16-,17+,18?,19+,20-;;/m1../s1. The van der Waals surface area contributed by atoms with Crippen molar-refractivity contribution < 1.29 is 24.6 Å². The maximum atomic E-state index is 13.1. The summed E-state index contributed by atoms with van der Waals surface area (Å²) in [5, 5.41) is 25.2. The lowest BCUT2D eigenvalue weighted by Gasteiger charge is -2.34. The first-order valence-electron chi connectivity index (χ1n) is 14.0. The summed E-state index contributed by atoms with van der Waals surface area (Å²) in [6.45, 7) is 18.0. The van der Waals surface area contributed by atoms with Crippen molar-refractivity contribution >= 4 is 18.1 Å². The first kappa shape index (κ1) is 39.7. The lowest BCUT2D eigenvalue weighted by Crippen LogP contribution is -2.58. The van der Waals surface area contributed by atoms with Crippen LogP contribution in [0.3, 0.4) is 0 Å². The van der Waals surface area contributed by atoms with Gasteiger partial charge in [0.2, 0.25) is 11.8 Å². The van der Waals surface area contributed by atoms with Gasteiger partial charge in [-0.2, -0.15) is 0 Å². The molecule has 220 valence electrons. The molecule has 37 heavy (non-hydrogen) atoms. The molecule has 4 N–H and O–H groups in total. The fourth-order valence-electron chi connectivity index (χ4n) is 3.22. The SMILES string of the molecule is CCC.CCCC.CN[C@@H](CC(C)C)C(=O)N[C@H](C(=O)N(C)C(C=O)[C@H](O)[C@H](C)C/C=C/CO)C(C)C. The lowest BCUT2D eigenvalue weighted by molar-refractivity contribution is -0.143. The Hall–Kier alpha value is -1.77. The van der Waals surface area contributed by atoms with Crippen LogP contribution in [0.2, 0.25) is 0 Å². The van der Waals surface area contributed by atoms with Crippen molar-refractivity contribution in [2.75, 3.05) is 20.7 Å². The third-order valence-electron chi connectivity index (χ3n) is 5.75. The summed E-state index contributed by atoms with van der Waals surface area (Å²) in [7, 11) is 3.17. The molecule has 8 nitrogen and oxygen atoms in total. The van der Waals surface area contributed by atoms with Gasteiger partial charge in [0.1, 0.15) is 18.4 Å². The van der Waals surface area contributed by atoms with Crippen LogP contribution in [-0.4, -0.2) is 78.1 Å². The number of nitrogens with one attached hydrogen (secondary N) is 2. The Kier molecular flexibility index (Phi) is 26.4. The second-order valence-corrected chi connectivity index (χ2v) is 10.3. The van der Waals surface area contributed by atoms with Gasteiger partial charge in [0.25, 0.3) is 0 Å². The maximum absolute atomic E-state index is 13.1. The van der Waals surface area contributed by atoms with Crippen molar-refractivity contribution in [3.8, 4) is 0 Å². The minimum atomic E-state index is -1.07. The van der Waals surface area contributed by atoms with Crippen molar-refractivity contribution in [2.24, 2.45) is 17.8 Å². The van der Waals surface area contributed by atoms with Crippen molar-refractivity contribution in [1.29, 1.82) is 0 Å². The van der Waals surface area contributed by atoms with E-state index in [1.165, 1.54) is 31.2 Å². The summed E-state index contributed by atoms with van der Waals surface area (Å²) in [5.74, 6) is -0.885. The molecule has 2 amide bonds. The maximum Gasteiger partial charge on any atom is 0.245 e. The number of likely N-dealkylation sites (N-methyl/N-ethyl adjacent to an activating group) is 2. The number of amides is 2. The van der Waals surface area contributed by atoms with Crippen LogP contribution in [0.25, 0.3) is 0 Å². The Morgan fingerprint density at radius 2 is 1.49 bits per heavy atom. The van der Waals surface area contributed by atoms with Crippen LogP contribution >= 0.6 is 0 Å². The largest absolute Gasteiger partial charge is 0.392 e. The van der Waals surface area contributed by atoms with E-state index in [2.05, 4.69) is 38.3 Å². The molecule has 0 aliphatic carbocycles. The highest BCUT2D eigenvalue weighted by Gasteiger charge is 2.35. The zero-order chi connectivity index (χ0) is 29.6. The number of carbonyl (C=O) groups is 3. The Morgan fingerprint density at radius 3 is 1.84 bits per heavy atom. The van der Waals surface area contributed by atoms with Gasteiger partial charge in [0.15, 0.2) is 0 Å². The van der Waals surface area contributed by atoms with E-state index in [0.717, 1.165) is 0 Å². The van der Waals surface area contributed by atoms with E-state index in [1.807, 2.05) is 27.7 Å². The first-order chi connectivity index (χ1) is 17.3. The zero-order valence-corrected chi connectivity index (χ0v) is 25.6. The Morgan fingerprint density at radius 1 is 0.973 bits per heavy atom. The van der Waals surface area contributed by atoms with Gasteiger partial charge in [0, 0.05) is 7.05 Å². The molecule has 0 bridgehead atoms. The van der Waals surface area contributed by atoms with Gasteiger partial charge in [-0.1, -0.05) is 93.7 Å². The first-order valence-corrected chi connectivity index (χ1v) is 14.0. The summed E-state index contributed by atoms with van der Waals surface area (Å²) in [5.41, 5.74) is 0. The van der Waals surface area contributed by atoms with Crippen molar-refractivity contribution in [3.63, 3.8) is 0 Å². The van der Waals surface area contributed by atoms with Crippen molar-refractivity contribution in [3.05, 3.63) is 12.2 Å². The number of unbranched alkanes of at least 4 members (excludes halogenated alkanes) is 1. The van der Waals surface area contributed by atoms with Crippen LogP contribution < -0.4 is 10.6 Å². The topological polar surface area (TPSA) is 119 Å². The highest BCUT2D eigenvalue weighted by atomic mass is 16.3. The van der Waals surface area contributed by atoms with Crippen LogP contribution in [0.5, 0.6) is 0 Å². The molecule has 0 saturated carbocycles. The summed E-state index contributed by atoms with van der Waals surface area (Å²) in [4.78, 5) is 38.7. The summed E-state index contributed by atoms with van der Waals surface area (Å²) in [6.07, 6.45) is 7.75. The fourth-order valence-corrected chi connectivity index (χ4v) is 3.22. The zero-order valence-electron chi connectivity index (χ0n) is 25.6. The normalized spacial score (nSPS) is 15.0. The van der Waals surface area contributed by atoms with Crippen LogP contribution in [-0.2, 0) is 14.4 Å². The molecule has 0 radical (unpaired) electrons. The van der Waals surface area contributed by atoms with Crippen molar-refractivity contribution in [2.45, 2.75) is 119 Å². The summed E-state index contributed by atoms with van der Waals surface area (Å²) >= 11 is 0. The number of aldehydes is 1. The average Bonchev–Trinajstić information content (AvgIpc) is 2.85. The Bertz CT molecular complexity index is 608. The molecular formula is C29H59N3O5. The van der Waals surface area contributed by atoms with Gasteiger partial charge in [-0.15, -0.1) is 0 Å². The quantitative estimate of drug-likeness (QED) is 0.188. The monoisotopic (exact) mass is 529 g/mol. The molecule has 1 unspecified atom stereocenters. The second kappa shape index (κ2) is 24.6. The molecule has 0 aromatic carbocycles. The minimum absolute atomic E-state index is 0.0987. The predicted molar refractivity (Wildman–Crippen MR) is 154 cm³/mol. The summed E-state index contributed by atoms with van der Waals surface area (Å²) < 4.78 is 0. The molecule has 0 aliphatic rings. The van der Waals surface area contributed by atoms with E-state index >= 15 is 0 Å². The fraction of sp³-hybridized carbons (Fsp3) is 0.828. The third kappa shape index (κ3) is 18.2. The molecule has 0 saturated heterocycles. The Labute approximate surface area is 227 Å². The Balaban J connectivity index is -0.00000146. The average molecular weight is 530 g/mol. The smallest absolute Gasteiger partial charge is 0.245 e. The number of rotatable bonds is 15. The third-order valence-corrected chi connectivity index (χ3v) is 5.75. The number of aliphatic hydroxyl groups excluding tert-OH is 2. The number of hydrogen-bond donors (Lipinski definition) is 4. The number of hydrogen-bond acceptors (Lipinski definition) is 6. The molecule has 0 fully saturated rings. The molecule has 0 aliphatic heterocycles. The molecule has 5 atom stereocenters. The van der Waals surface area contributed by atoms with E-state index in [1.54, 1.807) is 26.1 Å². The number of allylic oxidation sites excluding steroid dienone is 1. The number of carbonyl (C=O) groups excluding carboxylic acids is 3. The van der Waals surface area contributed by atoms with Gasteiger partial charge in [-0.05, 0) is 37.6 Å². The highest BCUT2D eigenvalue weighted by Crippen LogP contribution is 2.17.